The highest BCUT2D eigenvalue weighted by Gasteiger charge is 2.11. The zero-order chi connectivity index (χ0) is 10.1. The molecule has 0 radical (unpaired) electrons. The van der Waals surface area contributed by atoms with Gasteiger partial charge in [-0.3, -0.25) is 0 Å². The van der Waals surface area contributed by atoms with Gasteiger partial charge in [0.25, 0.3) is 0 Å². The average Bonchev–Trinajstić information content (AvgIpc) is 2.35. The highest BCUT2D eigenvalue weighted by molar-refractivity contribution is 5.76. The highest BCUT2D eigenvalue weighted by Crippen LogP contribution is 2.26. The summed E-state index contributed by atoms with van der Waals surface area (Å²) in [4.78, 5) is 8.30. The molecule has 0 fully saturated rings. The molecule has 3 nitrogen and oxygen atoms in total. The fourth-order valence-electron chi connectivity index (χ4n) is 1.41. The van der Waals surface area contributed by atoms with Gasteiger partial charge in [0.2, 0.25) is 5.95 Å². The van der Waals surface area contributed by atoms with Crippen molar-refractivity contribution in [2.45, 2.75) is 6.92 Å². The third-order valence-corrected chi connectivity index (χ3v) is 2.05. The van der Waals surface area contributed by atoms with Crippen LogP contribution < -0.4 is 5.73 Å². The summed E-state index contributed by atoms with van der Waals surface area (Å²) < 4.78 is 0. The van der Waals surface area contributed by atoms with Crippen LogP contribution in [-0.2, 0) is 0 Å². The topological polar surface area (TPSA) is 51.8 Å². The van der Waals surface area contributed by atoms with Crippen LogP contribution in [0.2, 0.25) is 0 Å². The van der Waals surface area contributed by atoms with E-state index >= 15 is 0 Å². The number of hydrogen-bond acceptors (Lipinski definition) is 3. The Hall–Kier alpha value is -1.90. The Morgan fingerprint density at radius 1 is 1.29 bits per heavy atom. The first kappa shape index (κ1) is 8.69. The summed E-state index contributed by atoms with van der Waals surface area (Å²) in [6.45, 7) is 5.85. The Labute approximate surface area is 82.7 Å². The summed E-state index contributed by atoms with van der Waals surface area (Å²) in [6.07, 6.45) is 0. The number of anilines is 1. The zero-order valence-corrected chi connectivity index (χ0v) is 7.99. The molecule has 3 heteroatoms. The molecule has 2 N–H and O–H groups in total. The molecule has 0 unspecified atom stereocenters. The van der Waals surface area contributed by atoms with Crippen LogP contribution in [0, 0.1) is 0 Å². The maximum atomic E-state index is 5.55. The van der Waals surface area contributed by atoms with Crippen LogP contribution in [0.3, 0.4) is 0 Å². The quantitative estimate of drug-likeness (QED) is 0.741. The molecule has 0 amide bonds. The van der Waals surface area contributed by atoms with Gasteiger partial charge >= 0.3 is 0 Å². The Morgan fingerprint density at radius 2 is 2.00 bits per heavy atom. The Balaban J connectivity index is 2.76. The largest absolute Gasteiger partial charge is 0.368 e. The standard InChI is InChI=1S/C11H11N3/c1-7(2)8-5-3-4-6-9-10(8)14-11(12)13-9/h3-6H,1H2,2H3,(H2,12,13,14). The van der Waals surface area contributed by atoms with Crippen LogP contribution in [0.25, 0.3) is 17.0 Å². The molecule has 0 aromatic rings. The van der Waals surface area contributed by atoms with E-state index in [4.69, 9.17) is 5.73 Å². The fourth-order valence-corrected chi connectivity index (χ4v) is 1.41. The van der Waals surface area contributed by atoms with Crippen molar-refractivity contribution in [3.8, 4) is 11.4 Å². The van der Waals surface area contributed by atoms with Crippen LogP contribution in [0.4, 0.5) is 5.95 Å². The van der Waals surface area contributed by atoms with Gasteiger partial charge in [0, 0.05) is 5.56 Å². The number of nitrogens with two attached hydrogens (primary N) is 1. The number of nitrogens with zero attached hydrogens (tertiary/aromatic N) is 2. The third-order valence-electron chi connectivity index (χ3n) is 2.05. The average molecular weight is 185 g/mol. The molecule has 0 saturated carbocycles. The summed E-state index contributed by atoms with van der Waals surface area (Å²) in [5.74, 6) is 0.314. The van der Waals surface area contributed by atoms with Gasteiger partial charge in [-0.05, 0) is 18.6 Å². The monoisotopic (exact) mass is 185 g/mol. The molecule has 14 heavy (non-hydrogen) atoms. The number of imidazole rings is 1. The van der Waals surface area contributed by atoms with E-state index in [2.05, 4.69) is 16.5 Å². The molecule has 2 rings (SSSR count). The van der Waals surface area contributed by atoms with Crippen LogP contribution in [-0.4, -0.2) is 9.97 Å². The molecular formula is C11H11N3. The fraction of sp³-hybridized carbons (Fsp3) is 0.0909. The number of rotatable bonds is 1. The van der Waals surface area contributed by atoms with Crippen molar-refractivity contribution in [1.82, 2.24) is 9.97 Å². The number of fused-ring (bicyclic) bond motifs is 1. The molecule has 0 aromatic heterocycles. The predicted octanol–water partition coefficient (Wildman–Crippen LogP) is 2.20. The minimum Gasteiger partial charge on any atom is -0.368 e. The minimum atomic E-state index is 0.314. The first-order chi connectivity index (χ1) is 6.68. The van der Waals surface area contributed by atoms with Crippen molar-refractivity contribution in [1.29, 1.82) is 0 Å². The van der Waals surface area contributed by atoms with E-state index in [1.807, 2.05) is 31.2 Å². The van der Waals surface area contributed by atoms with Gasteiger partial charge in [-0.1, -0.05) is 24.8 Å². The molecule has 0 atom stereocenters. The van der Waals surface area contributed by atoms with Crippen LogP contribution in [0.15, 0.2) is 30.8 Å². The van der Waals surface area contributed by atoms with E-state index in [1.54, 1.807) is 0 Å². The number of nitrogen functional groups attached to an aromatic ring is 1. The molecular weight excluding hydrogens is 174 g/mol. The Kier molecular flexibility index (Phi) is 1.93. The summed E-state index contributed by atoms with van der Waals surface area (Å²) in [6, 6.07) is 7.73. The second-order valence-electron chi connectivity index (χ2n) is 3.23. The van der Waals surface area contributed by atoms with Gasteiger partial charge in [-0.2, -0.15) is 0 Å². The normalized spacial score (nSPS) is 10.4. The van der Waals surface area contributed by atoms with E-state index in [0.29, 0.717) is 5.95 Å². The predicted molar refractivity (Wildman–Crippen MR) is 57.8 cm³/mol. The van der Waals surface area contributed by atoms with Gasteiger partial charge in [-0.25, -0.2) is 9.97 Å². The second-order valence-corrected chi connectivity index (χ2v) is 3.23. The Bertz CT molecular complexity index is 462. The van der Waals surface area contributed by atoms with E-state index < -0.39 is 0 Å². The molecule has 0 bridgehead atoms. The van der Waals surface area contributed by atoms with Crippen molar-refractivity contribution in [2.24, 2.45) is 0 Å². The van der Waals surface area contributed by atoms with Crippen molar-refractivity contribution in [3.63, 3.8) is 0 Å². The van der Waals surface area contributed by atoms with E-state index in [0.717, 1.165) is 22.5 Å². The van der Waals surface area contributed by atoms with Gasteiger partial charge in [0.05, 0.1) is 5.69 Å². The maximum absolute atomic E-state index is 5.55. The molecule has 1 heterocycles. The Morgan fingerprint density at radius 3 is 2.71 bits per heavy atom. The molecule has 0 spiro atoms. The summed E-state index contributed by atoms with van der Waals surface area (Å²) in [5, 5.41) is 0. The smallest absolute Gasteiger partial charge is 0.221 e. The SMILES string of the molecule is C=C(C)c1ccccc2nc(N)nc1-2. The third kappa shape index (κ3) is 1.33. The first-order valence-corrected chi connectivity index (χ1v) is 4.36. The number of hydrogen-bond donors (Lipinski definition) is 1. The summed E-state index contributed by atoms with van der Waals surface area (Å²) >= 11 is 0. The van der Waals surface area contributed by atoms with Crippen molar-refractivity contribution in [3.05, 3.63) is 36.4 Å². The molecule has 1 aliphatic carbocycles. The lowest BCUT2D eigenvalue weighted by Gasteiger charge is -1.98. The highest BCUT2D eigenvalue weighted by atomic mass is 15.0. The van der Waals surface area contributed by atoms with Gasteiger partial charge in [0.15, 0.2) is 0 Å². The number of allylic oxidation sites excluding steroid dienone is 1. The van der Waals surface area contributed by atoms with Crippen LogP contribution in [0.5, 0.6) is 0 Å². The zero-order valence-electron chi connectivity index (χ0n) is 7.99. The summed E-state index contributed by atoms with van der Waals surface area (Å²) in [5.41, 5.74) is 9.14. The van der Waals surface area contributed by atoms with Crippen LogP contribution >= 0.6 is 0 Å². The second kappa shape index (κ2) is 3.10. The van der Waals surface area contributed by atoms with E-state index in [-0.39, 0.29) is 0 Å². The van der Waals surface area contributed by atoms with Gasteiger partial charge in [0.1, 0.15) is 5.69 Å². The van der Waals surface area contributed by atoms with Crippen molar-refractivity contribution < 1.29 is 0 Å². The molecule has 2 aliphatic rings. The molecule has 1 aliphatic heterocycles. The first-order valence-electron chi connectivity index (χ1n) is 4.36. The maximum Gasteiger partial charge on any atom is 0.221 e. The van der Waals surface area contributed by atoms with Gasteiger partial charge in [-0.15, -0.1) is 0 Å². The lowest BCUT2D eigenvalue weighted by molar-refractivity contribution is 1.34. The van der Waals surface area contributed by atoms with Gasteiger partial charge < -0.3 is 5.73 Å². The lowest BCUT2D eigenvalue weighted by Crippen LogP contribution is -1.85. The number of aromatic nitrogens is 2. The molecule has 0 saturated heterocycles. The summed E-state index contributed by atoms with van der Waals surface area (Å²) in [7, 11) is 0. The minimum absolute atomic E-state index is 0.314. The van der Waals surface area contributed by atoms with Crippen molar-refractivity contribution >= 4 is 11.5 Å². The lowest BCUT2D eigenvalue weighted by atomic mass is 10.1. The van der Waals surface area contributed by atoms with Crippen LogP contribution in [0.1, 0.15) is 12.5 Å². The van der Waals surface area contributed by atoms with Crippen molar-refractivity contribution in [2.75, 3.05) is 5.73 Å². The van der Waals surface area contributed by atoms with E-state index in [9.17, 15) is 0 Å². The molecule has 0 aromatic carbocycles. The van der Waals surface area contributed by atoms with E-state index in [1.165, 1.54) is 0 Å². The molecule has 70 valence electrons.